The molecule has 1 N–H and O–H groups in total. The Morgan fingerprint density at radius 3 is 2.27 bits per heavy atom. The molecule has 2 radical (unpaired) electrons. The lowest BCUT2D eigenvalue weighted by atomic mass is 9.92. The predicted molar refractivity (Wildman–Crippen MR) is 106 cm³/mol. The number of amides is 2. The second-order valence-corrected chi connectivity index (χ2v) is 10.0. The van der Waals surface area contributed by atoms with E-state index in [1.807, 2.05) is 46.8 Å². The summed E-state index contributed by atoms with van der Waals surface area (Å²) >= 11 is 1.53. The molecule has 26 heavy (non-hydrogen) atoms. The Morgan fingerprint density at radius 2 is 1.77 bits per heavy atom. The second-order valence-electron chi connectivity index (χ2n) is 7.98. The fourth-order valence-corrected chi connectivity index (χ4v) is 4.12. The Bertz CT molecular complexity index is 710. The van der Waals surface area contributed by atoms with Crippen molar-refractivity contribution in [2.75, 3.05) is 11.4 Å². The molecule has 1 aromatic rings. The largest absolute Gasteiger partial charge is 0.311 e. The van der Waals surface area contributed by atoms with Gasteiger partial charge in [0.15, 0.2) is 7.85 Å². The van der Waals surface area contributed by atoms with Gasteiger partial charge in [-0.1, -0.05) is 32.9 Å². The zero-order valence-corrected chi connectivity index (χ0v) is 16.8. The third-order valence-electron chi connectivity index (χ3n) is 4.15. The van der Waals surface area contributed by atoms with Crippen LogP contribution in [0.25, 0.3) is 0 Å². The molecule has 0 aliphatic carbocycles. The minimum Gasteiger partial charge on any atom is -0.311 e. The summed E-state index contributed by atoms with van der Waals surface area (Å²) in [4.78, 5) is 37.3. The van der Waals surface area contributed by atoms with E-state index in [4.69, 9.17) is 7.85 Å². The summed E-state index contributed by atoms with van der Waals surface area (Å²) in [7, 11) is 5.19. The van der Waals surface area contributed by atoms with E-state index in [1.165, 1.54) is 16.7 Å². The number of nitrogens with zero attached hydrogens (tertiary/aromatic N) is 1. The summed E-state index contributed by atoms with van der Waals surface area (Å²) in [5.74, 6) is -0.329. The van der Waals surface area contributed by atoms with Gasteiger partial charge in [-0.15, -0.1) is 11.8 Å². The molecule has 7 heteroatoms. The van der Waals surface area contributed by atoms with Crippen LogP contribution >= 0.6 is 11.8 Å². The number of hydrogen-bond donors (Lipinski definition) is 1. The molecule has 1 aliphatic heterocycles. The number of hydrogen-bond acceptors (Lipinski definition) is 5. The quantitative estimate of drug-likeness (QED) is 0.614. The van der Waals surface area contributed by atoms with Crippen LogP contribution in [-0.4, -0.2) is 41.9 Å². The van der Waals surface area contributed by atoms with Crippen molar-refractivity contribution in [3.63, 3.8) is 0 Å². The van der Waals surface area contributed by atoms with E-state index in [0.717, 1.165) is 5.56 Å². The summed E-state index contributed by atoms with van der Waals surface area (Å²) in [6, 6.07) is 7.24. The van der Waals surface area contributed by atoms with Gasteiger partial charge in [0.2, 0.25) is 11.8 Å². The molecule has 1 aromatic carbocycles. The first-order chi connectivity index (χ1) is 11.9. The number of carbonyl (C=O) groups excluding carboxylic acids is 3. The zero-order valence-electron chi connectivity index (χ0n) is 16.0. The standard InChI is InChI=1S/C19H25BN2O3S/c1-18(2,3)26-14-10-16(24)22(17(14)25)13-8-6-12(7-9-13)19(4,5)21-11-15(20)23/h6-9,14,21H,10-11H2,1-5H3. The SMILES string of the molecule is [B]C(=O)CNC(C)(C)c1ccc(N2C(=O)CC(SC(C)(C)C)C2=O)cc1. The van der Waals surface area contributed by atoms with Crippen LogP contribution in [0.1, 0.15) is 46.6 Å². The smallest absolute Gasteiger partial charge is 0.247 e. The summed E-state index contributed by atoms with van der Waals surface area (Å²) in [5.41, 5.74) is 0.621. The number of nitrogens with one attached hydrogen (secondary N) is 1. The highest BCUT2D eigenvalue weighted by Gasteiger charge is 2.41. The van der Waals surface area contributed by atoms with Gasteiger partial charge >= 0.3 is 0 Å². The van der Waals surface area contributed by atoms with Gasteiger partial charge in [-0.3, -0.25) is 9.59 Å². The first kappa shape index (κ1) is 20.7. The molecule has 2 amide bonds. The third-order valence-corrected chi connectivity index (χ3v) is 5.51. The molecule has 0 saturated carbocycles. The number of imide groups is 1. The molecule has 1 atom stereocenters. The van der Waals surface area contributed by atoms with Gasteiger partial charge in [0.25, 0.3) is 0 Å². The van der Waals surface area contributed by atoms with Gasteiger partial charge in [-0.05, 0) is 31.5 Å². The Hall–Kier alpha value is -1.60. The van der Waals surface area contributed by atoms with Crippen LogP contribution in [0.2, 0.25) is 0 Å². The highest BCUT2D eigenvalue weighted by Crippen LogP contribution is 2.36. The monoisotopic (exact) mass is 372 g/mol. The van der Waals surface area contributed by atoms with Crippen LogP contribution < -0.4 is 10.2 Å². The van der Waals surface area contributed by atoms with Crippen molar-refractivity contribution < 1.29 is 14.4 Å². The lowest BCUT2D eigenvalue weighted by Crippen LogP contribution is -2.40. The van der Waals surface area contributed by atoms with Gasteiger partial charge in [-0.2, -0.15) is 0 Å². The van der Waals surface area contributed by atoms with Gasteiger partial charge in [0.1, 0.15) is 0 Å². The second kappa shape index (κ2) is 7.57. The van der Waals surface area contributed by atoms with Crippen LogP contribution in [-0.2, 0) is 19.9 Å². The van der Waals surface area contributed by atoms with E-state index in [1.54, 1.807) is 12.1 Å². The van der Waals surface area contributed by atoms with Crippen molar-refractivity contribution in [3.05, 3.63) is 29.8 Å². The molecular weight excluding hydrogens is 347 g/mol. The molecule has 1 fully saturated rings. The fourth-order valence-electron chi connectivity index (χ4n) is 2.83. The number of benzene rings is 1. The molecule has 1 unspecified atom stereocenters. The Balaban J connectivity index is 2.16. The molecule has 0 bridgehead atoms. The van der Waals surface area contributed by atoms with Gasteiger partial charge in [0, 0.05) is 23.3 Å². The van der Waals surface area contributed by atoms with Crippen molar-refractivity contribution >= 4 is 42.8 Å². The van der Waals surface area contributed by atoms with E-state index < -0.39 is 11.2 Å². The van der Waals surface area contributed by atoms with E-state index >= 15 is 0 Å². The average molecular weight is 372 g/mol. The summed E-state index contributed by atoms with van der Waals surface area (Å²) in [6.07, 6.45) is 0.230. The van der Waals surface area contributed by atoms with Crippen LogP contribution in [0, 0.1) is 0 Å². The lowest BCUT2D eigenvalue weighted by Gasteiger charge is -2.27. The van der Waals surface area contributed by atoms with Crippen LogP contribution in [0.15, 0.2) is 24.3 Å². The van der Waals surface area contributed by atoms with E-state index in [-0.39, 0.29) is 34.8 Å². The first-order valence-corrected chi connectivity index (χ1v) is 9.47. The summed E-state index contributed by atoms with van der Waals surface area (Å²) in [5, 5.41) is 2.75. The van der Waals surface area contributed by atoms with Crippen molar-refractivity contribution in [1.82, 2.24) is 5.32 Å². The fraction of sp³-hybridized carbons (Fsp3) is 0.526. The molecular formula is C19H25BN2O3S. The molecule has 1 saturated heterocycles. The number of thioether (sulfide) groups is 1. The van der Waals surface area contributed by atoms with Gasteiger partial charge in [-0.25, -0.2) is 4.90 Å². The molecule has 1 aliphatic rings. The topological polar surface area (TPSA) is 66.5 Å². The van der Waals surface area contributed by atoms with Crippen LogP contribution in [0.3, 0.4) is 0 Å². The maximum absolute atomic E-state index is 12.7. The molecule has 138 valence electrons. The summed E-state index contributed by atoms with van der Waals surface area (Å²) < 4.78 is -0.0867. The summed E-state index contributed by atoms with van der Waals surface area (Å²) in [6.45, 7) is 10.1. The normalized spacial score (nSPS) is 18.5. The Labute approximate surface area is 160 Å². The molecule has 5 nitrogen and oxygen atoms in total. The minimum absolute atomic E-state index is 0.0730. The highest BCUT2D eigenvalue weighted by molar-refractivity contribution is 8.02. The van der Waals surface area contributed by atoms with Crippen molar-refractivity contribution in [2.45, 2.75) is 56.6 Å². The average Bonchev–Trinajstić information content (AvgIpc) is 2.78. The van der Waals surface area contributed by atoms with Crippen LogP contribution in [0.4, 0.5) is 5.69 Å². The van der Waals surface area contributed by atoms with Gasteiger partial charge in [0.05, 0.1) is 16.6 Å². The lowest BCUT2D eigenvalue weighted by molar-refractivity contribution is -0.121. The Morgan fingerprint density at radius 1 is 1.19 bits per heavy atom. The maximum Gasteiger partial charge on any atom is 0.247 e. The Kier molecular flexibility index (Phi) is 6.03. The maximum atomic E-state index is 12.7. The first-order valence-electron chi connectivity index (χ1n) is 8.59. The van der Waals surface area contributed by atoms with Crippen LogP contribution in [0.5, 0.6) is 0 Å². The van der Waals surface area contributed by atoms with Gasteiger partial charge < -0.3 is 10.1 Å². The van der Waals surface area contributed by atoms with Crippen molar-refractivity contribution in [3.8, 4) is 0 Å². The van der Waals surface area contributed by atoms with E-state index in [0.29, 0.717) is 5.69 Å². The minimum atomic E-state index is -0.461. The molecule has 1 heterocycles. The van der Waals surface area contributed by atoms with E-state index in [9.17, 15) is 14.4 Å². The molecule has 2 rings (SSSR count). The molecule has 0 aromatic heterocycles. The van der Waals surface area contributed by atoms with E-state index in [2.05, 4.69) is 5.32 Å². The number of rotatable bonds is 6. The highest BCUT2D eigenvalue weighted by atomic mass is 32.2. The molecule has 0 spiro atoms. The third kappa shape index (κ3) is 4.98. The zero-order chi connectivity index (χ0) is 19.7. The predicted octanol–water partition coefficient (Wildman–Crippen LogP) is 2.37. The van der Waals surface area contributed by atoms with Crippen molar-refractivity contribution in [2.24, 2.45) is 0 Å². The number of anilines is 1. The number of carbonyl (C=O) groups is 3. The van der Waals surface area contributed by atoms with Crippen molar-refractivity contribution in [1.29, 1.82) is 0 Å².